The van der Waals surface area contributed by atoms with Gasteiger partial charge >= 0.3 is 5.97 Å². The minimum atomic E-state index is -0.657. The highest BCUT2D eigenvalue weighted by molar-refractivity contribution is 5.70. The average Bonchev–Trinajstić information content (AvgIpc) is 2.34. The Bertz CT molecular complexity index is 299. The van der Waals surface area contributed by atoms with Gasteiger partial charge in [0, 0.05) is 31.7 Å². The highest BCUT2D eigenvalue weighted by Crippen LogP contribution is 2.21. The smallest absolute Gasteiger partial charge is 0.307 e. The quantitative estimate of drug-likeness (QED) is 0.804. The van der Waals surface area contributed by atoms with Crippen molar-refractivity contribution >= 4 is 5.97 Å². The molecular formula is C15H30N2O2. The van der Waals surface area contributed by atoms with Crippen molar-refractivity contribution < 1.29 is 9.90 Å². The van der Waals surface area contributed by atoms with E-state index < -0.39 is 5.97 Å². The Kier molecular flexibility index (Phi) is 5.81. The summed E-state index contributed by atoms with van der Waals surface area (Å²) in [6.45, 7) is 13.5. The second-order valence-electron chi connectivity index (χ2n) is 7.12. The van der Waals surface area contributed by atoms with Gasteiger partial charge < -0.3 is 10.4 Å². The van der Waals surface area contributed by atoms with Crippen molar-refractivity contribution in [1.29, 1.82) is 0 Å². The molecule has 0 spiro atoms. The van der Waals surface area contributed by atoms with Crippen LogP contribution in [0.15, 0.2) is 0 Å². The first-order valence-electron chi connectivity index (χ1n) is 7.43. The minimum absolute atomic E-state index is 0.234. The van der Waals surface area contributed by atoms with E-state index in [-0.39, 0.29) is 11.3 Å². The second-order valence-corrected chi connectivity index (χ2v) is 7.12. The summed E-state index contributed by atoms with van der Waals surface area (Å²) in [5, 5.41) is 12.9. The molecule has 0 radical (unpaired) electrons. The molecule has 2 N–H and O–H groups in total. The Morgan fingerprint density at radius 3 is 2.53 bits per heavy atom. The van der Waals surface area contributed by atoms with Crippen LogP contribution in [-0.2, 0) is 4.79 Å². The van der Waals surface area contributed by atoms with Crippen molar-refractivity contribution in [2.45, 2.75) is 59.5 Å². The van der Waals surface area contributed by atoms with Crippen molar-refractivity contribution in [2.75, 3.05) is 19.6 Å². The molecule has 1 saturated heterocycles. The maximum atomic E-state index is 11.3. The highest BCUT2D eigenvalue weighted by Gasteiger charge is 2.33. The van der Waals surface area contributed by atoms with E-state index in [0.717, 1.165) is 25.9 Å². The number of carbonyl (C=O) groups is 1. The van der Waals surface area contributed by atoms with E-state index in [1.165, 1.54) is 0 Å². The zero-order valence-electron chi connectivity index (χ0n) is 13.1. The molecule has 0 aliphatic carbocycles. The van der Waals surface area contributed by atoms with E-state index in [1.807, 2.05) is 0 Å². The molecule has 4 nitrogen and oxygen atoms in total. The van der Waals surface area contributed by atoms with Crippen molar-refractivity contribution in [2.24, 2.45) is 11.3 Å². The molecule has 1 fully saturated rings. The van der Waals surface area contributed by atoms with E-state index in [4.69, 9.17) is 0 Å². The Labute approximate surface area is 117 Å². The van der Waals surface area contributed by atoms with Crippen LogP contribution in [0.2, 0.25) is 0 Å². The van der Waals surface area contributed by atoms with E-state index in [2.05, 4.69) is 44.8 Å². The number of aliphatic carboxylic acids is 1. The van der Waals surface area contributed by atoms with E-state index in [9.17, 15) is 9.90 Å². The van der Waals surface area contributed by atoms with Crippen LogP contribution in [0.1, 0.15) is 47.5 Å². The molecule has 0 aromatic heterocycles. The lowest BCUT2D eigenvalue weighted by molar-refractivity contribution is -0.144. The molecule has 0 aromatic rings. The number of rotatable bonds is 5. The number of nitrogens with zero attached hydrogens (tertiary/aromatic N) is 1. The monoisotopic (exact) mass is 270 g/mol. The summed E-state index contributed by atoms with van der Waals surface area (Å²) in [5.41, 5.74) is 0.234. The van der Waals surface area contributed by atoms with Gasteiger partial charge in [0.15, 0.2) is 0 Å². The molecular weight excluding hydrogens is 240 g/mol. The third-order valence-electron chi connectivity index (χ3n) is 3.96. The molecule has 19 heavy (non-hydrogen) atoms. The van der Waals surface area contributed by atoms with Gasteiger partial charge in [-0.15, -0.1) is 0 Å². The van der Waals surface area contributed by atoms with Gasteiger partial charge in [-0.25, -0.2) is 0 Å². The molecule has 1 aliphatic heterocycles. The van der Waals surface area contributed by atoms with Crippen LogP contribution in [0.4, 0.5) is 0 Å². The van der Waals surface area contributed by atoms with Gasteiger partial charge in [0.2, 0.25) is 0 Å². The van der Waals surface area contributed by atoms with Crippen LogP contribution >= 0.6 is 0 Å². The normalized spacial score (nSPS) is 27.2. The largest absolute Gasteiger partial charge is 0.481 e. The topological polar surface area (TPSA) is 52.6 Å². The first kappa shape index (κ1) is 16.4. The highest BCUT2D eigenvalue weighted by atomic mass is 16.4. The van der Waals surface area contributed by atoms with Crippen LogP contribution in [0.5, 0.6) is 0 Å². The molecule has 112 valence electrons. The van der Waals surface area contributed by atoms with Gasteiger partial charge in [-0.2, -0.15) is 0 Å². The molecule has 1 rings (SSSR count). The van der Waals surface area contributed by atoms with E-state index in [1.54, 1.807) is 0 Å². The lowest BCUT2D eigenvalue weighted by Crippen LogP contribution is -2.54. The SMILES string of the molecule is CCC(C)N1CC(NCC(C)(C)C)CC(C(=O)O)C1. The first-order valence-corrected chi connectivity index (χ1v) is 7.43. The zero-order chi connectivity index (χ0) is 14.6. The van der Waals surface area contributed by atoms with Crippen LogP contribution in [-0.4, -0.2) is 47.7 Å². The van der Waals surface area contributed by atoms with Gasteiger partial charge in [0.25, 0.3) is 0 Å². The zero-order valence-corrected chi connectivity index (χ0v) is 13.1. The maximum absolute atomic E-state index is 11.3. The van der Waals surface area contributed by atoms with Crippen LogP contribution in [0.25, 0.3) is 0 Å². The summed E-state index contributed by atoms with van der Waals surface area (Å²) in [5.74, 6) is -0.893. The molecule has 1 heterocycles. The van der Waals surface area contributed by atoms with E-state index in [0.29, 0.717) is 18.6 Å². The van der Waals surface area contributed by atoms with Gasteiger partial charge in [-0.05, 0) is 25.2 Å². The van der Waals surface area contributed by atoms with Gasteiger partial charge in [0.1, 0.15) is 0 Å². The average molecular weight is 270 g/mol. The molecule has 0 aromatic carbocycles. The van der Waals surface area contributed by atoms with E-state index >= 15 is 0 Å². The fraction of sp³-hybridized carbons (Fsp3) is 0.933. The summed E-state index contributed by atoms with van der Waals surface area (Å²) < 4.78 is 0. The molecule has 0 saturated carbocycles. The number of piperidine rings is 1. The number of carboxylic acids is 1. The Hall–Kier alpha value is -0.610. The van der Waals surface area contributed by atoms with Gasteiger partial charge in [0.05, 0.1) is 5.92 Å². The third-order valence-corrected chi connectivity index (χ3v) is 3.96. The first-order chi connectivity index (χ1) is 8.73. The van der Waals surface area contributed by atoms with Crippen molar-refractivity contribution in [3.8, 4) is 0 Å². The summed E-state index contributed by atoms with van der Waals surface area (Å²) >= 11 is 0. The number of hydrogen-bond donors (Lipinski definition) is 2. The lowest BCUT2D eigenvalue weighted by Gasteiger charge is -2.40. The Balaban J connectivity index is 2.62. The summed E-state index contributed by atoms with van der Waals surface area (Å²) in [6, 6.07) is 0.754. The Morgan fingerprint density at radius 1 is 1.42 bits per heavy atom. The predicted molar refractivity (Wildman–Crippen MR) is 78.3 cm³/mol. The molecule has 1 aliphatic rings. The van der Waals surface area contributed by atoms with Crippen LogP contribution in [0.3, 0.4) is 0 Å². The summed E-state index contributed by atoms with van der Waals surface area (Å²) in [7, 11) is 0. The maximum Gasteiger partial charge on any atom is 0.307 e. The summed E-state index contributed by atoms with van der Waals surface area (Å²) in [4.78, 5) is 13.6. The van der Waals surface area contributed by atoms with Crippen molar-refractivity contribution in [1.82, 2.24) is 10.2 Å². The molecule has 0 amide bonds. The predicted octanol–water partition coefficient (Wildman–Crippen LogP) is 2.20. The van der Waals surface area contributed by atoms with Gasteiger partial charge in [-0.3, -0.25) is 9.69 Å². The molecule has 4 heteroatoms. The summed E-state index contributed by atoms with van der Waals surface area (Å²) in [6.07, 6.45) is 1.82. The van der Waals surface area contributed by atoms with Crippen molar-refractivity contribution in [3.63, 3.8) is 0 Å². The number of likely N-dealkylation sites (tertiary alicyclic amines) is 1. The van der Waals surface area contributed by atoms with Crippen LogP contribution in [0, 0.1) is 11.3 Å². The Morgan fingerprint density at radius 2 is 2.05 bits per heavy atom. The van der Waals surface area contributed by atoms with Crippen molar-refractivity contribution in [3.05, 3.63) is 0 Å². The number of hydrogen-bond acceptors (Lipinski definition) is 3. The number of nitrogens with one attached hydrogen (secondary N) is 1. The number of carboxylic acid groups (broad SMARTS) is 1. The molecule has 3 unspecified atom stereocenters. The fourth-order valence-electron chi connectivity index (χ4n) is 2.53. The molecule has 0 bridgehead atoms. The molecule has 3 atom stereocenters. The fourth-order valence-corrected chi connectivity index (χ4v) is 2.53. The van der Waals surface area contributed by atoms with Crippen LogP contribution < -0.4 is 5.32 Å². The standard InChI is InChI=1S/C15H30N2O2/c1-6-11(2)17-8-12(14(18)19)7-13(9-17)16-10-15(3,4)5/h11-13,16H,6-10H2,1-5H3,(H,18,19). The second kappa shape index (κ2) is 6.71. The van der Waals surface area contributed by atoms with Gasteiger partial charge in [-0.1, -0.05) is 27.7 Å². The third kappa shape index (κ3) is 5.49. The minimum Gasteiger partial charge on any atom is -0.481 e. The lowest BCUT2D eigenvalue weighted by atomic mass is 9.91.